The first-order chi connectivity index (χ1) is 9.30. The van der Waals surface area contributed by atoms with Crippen LogP contribution in [-0.4, -0.2) is 5.78 Å². The van der Waals surface area contributed by atoms with Gasteiger partial charge in [-0.05, 0) is 23.1 Å². The van der Waals surface area contributed by atoms with Crippen molar-refractivity contribution >= 4 is 5.78 Å². The van der Waals surface area contributed by atoms with Crippen LogP contribution in [0.15, 0.2) is 42.5 Å². The lowest BCUT2D eigenvalue weighted by molar-refractivity contribution is 0.103. The van der Waals surface area contributed by atoms with E-state index in [1.165, 1.54) is 6.07 Å². The minimum Gasteiger partial charge on any atom is -0.288 e. The van der Waals surface area contributed by atoms with Crippen LogP contribution in [0.2, 0.25) is 0 Å². The molecule has 0 atom stereocenters. The third-order valence-corrected chi connectivity index (χ3v) is 3.20. The molecular weight excluding hydrogens is 258 g/mol. The van der Waals surface area contributed by atoms with Gasteiger partial charge in [0.05, 0.1) is 5.56 Å². The van der Waals surface area contributed by atoms with Crippen molar-refractivity contribution in [1.29, 1.82) is 0 Å². The largest absolute Gasteiger partial charge is 0.288 e. The van der Waals surface area contributed by atoms with Crippen molar-refractivity contribution in [2.24, 2.45) is 0 Å². The molecule has 0 N–H and O–H groups in total. The van der Waals surface area contributed by atoms with Gasteiger partial charge in [-0.15, -0.1) is 0 Å². The molecule has 20 heavy (non-hydrogen) atoms. The summed E-state index contributed by atoms with van der Waals surface area (Å²) in [7, 11) is 0. The maximum atomic E-state index is 13.6. The van der Waals surface area contributed by atoms with Crippen molar-refractivity contribution in [2.45, 2.75) is 26.2 Å². The van der Waals surface area contributed by atoms with Crippen LogP contribution in [0.4, 0.5) is 8.78 Å². The molecule has 0 saturated carbocycles. The Morgan fingerprint density at radius 3 is 1.85 bits per heavy atom. The van der Waals surface area contributed by atoms with Crippen molar-refractivity contribution in [3.05, 3.63) is 70.8 Å². The number of benzene rings is 2. The number of halogens is 2. The predicted molar refractivity (Wildman–Crippen MR) is 74.9 cm³/mol. The number of ketones is 1. The van der Waals surface area contributed by atoms with E-state index in [1.807, 2.05) is 12.1 Å². The standard InChI is InChI=1S/C17H16F2O/c1-17(2,3)12-9-7-11(8-10-12)16(20)15-13(18)5-4-6-14(15)19/h4-10H,1-3H3. The summed E-state index contributed by atoms with van der Waals surface area (Å²) in [6.45, 7) is 6.17. The summed E-state index contributed by atoms with van der Waals surface area (Å²) < 4.78 is 27.2. The summed E-state index contributed by atoms with van der Waals surface area (Å²) in [4.78, 5) is 12.2. The second kappa shape index (κ2) is 5.16. The van der Waals surface area contributed by atoms with E-state index < -0.39 is 23.0 Å². The molecule has 0 radical (unpaired) electrons. The van der Waals surface area contributed by atoms with Crippen LogP contribution in [0, 0.1) is 11.6 Å². The van der Waals surface area contributed by atoms with Crippen LogP contribution in [0.1, 0.15) is 42.3 Å². The third kappa shape index (κ3) is 2.77. The van der Waals surface area contributed by atoms with Gasteiger partial charge in [0.2, 0.25) is 0 Å². The van der Waals surface area contributed by atoms with Gasteiger partial charge in [-0.25, -0.2) is 8.78 Å². The molecule has 3 heteroatoms. The monoisotopic (exact) mass is 274 g/mol. The van der Waals surface area contributed by atoms with Gasteiger partial charge < -0.3 is 0 Å². The van der Waals surface area contributed by atoms with Gasteiger partial charge in [-0.2, -0.15) is 0 Å². The summed E-state index contributed by atoms with van der Waals surface area (Å²) in [5.41, 5.74) is 0.797. The smallest absolute Gasteiger partial charge is 0.198 e. The molecule has 0 saturated heterocycles. The van der Waals surface area contributed by atoms with Crippen LogP contribution in [-0.2, 0) is 5.41 Å². The van der Waals surface area contributed by atoms with E-state index in [0.29, 0.717) is 0 Å². The molecule has 2 aromatic carbocycles. The maximum absolute atomic E-state index is 13.6. The quantitative estimate of drug-likeness (QED) is 0.737. The van der Waals surface area contributed by atoms with Gasteiger partial charge in [-0.3, -0.25) is 4.79 Å². The van der Waals surface area contributed by atoms with Crippen molar-refractivity contribution in [1.82, 2.24) is 0 Å². The number of hydrogen-bond acceptors (Lipinski definition) is 1. The van der Waals surface area contributed by atoms with E-state index in [0.717, 1.165) is 17.7 Å². The van der Waals surface area contributed by atoms with Crippen LogP contribution in [0.5, 0.6) is 0 Å². The molecule has 0 unspecified atom stereocenters. The SMILES string of the molecule is CC(C)(C)c1ccc(C(=O)c2c(F)cccc2F)cc1. The van der Waals surface area contributed by atoms with E-state index >= 15 is 0 Å². The molecule has 2 rings (SSSR count). The summed E-state index contributed by atoms with van der Waals surface area (Å²) in [5.74, 6) is -2.31. The Hall–Kier alpha value is -2.03. The van der Waals surface area contributed by atoms with Gasteiger partial charge in [0, 0.05) is 5.56 Å². The zero-order chi connectivity index (χ0) is 14.9. The van der Waals surface area contributed by atoms with Gasteiger partial charge >= 0.3 is 0 Å². The molecule has 0 bridgehead atoms. The van der Waals surface area contributed by atoms with Crippen LogP contribution in [0.25, 0.3) is 0 Å². The first-order valence-corrected chi connectivity index (χ1v) is 6.40. The lowest BCUT2D eigenvalue weighted by atomic mass is 9.86. The summed E-state index contributed by atoms with van der Waals surface area (Å²) in [5, 5.41) is 0. The Morgan fingerprint density at radius 2 is 1.40 bits per heavy atom. The minimum absolute atomic E-state index is 0.0369. The van der Waals surface area contributed by atoms with Crippen molar-refractivity contribution < 1.29 is 13.6 Å². The fourth-order valence-electron chi connectivity index (χ4n) is 1.98. The Balaban J connectivity index is 2.40. The molecule has 1 nitrogen and oxygen atoms in total. The van der Waals surface area contributed by atoms with E-state index in [2.05, 4.69) is 20.8 Å². The number of carbonyl (C=O) groups excluding carboxylic acids is 1. The number of rotatable bonds is 2. The van der Waals surface area contributed by atoms with Gasteiger partial charge in [0.1, 0.15) is 11.6 Å². The first kappa shape index (κ1) is 14.4. The first-order valence-electron chi connectivity index (χ1n) is 6.40. The van der Waals surface area contributed by atoms with Crippen LogP contribution < -0.4 is 0 Å². The number of hydrogen-bond donors (Lipinski definition) is 0. The number of carbonyl (C=O) groups is 1. The highest BCUT2D eigenvalue weighted by molar-refractivity contribution is 6.09. The van der Waals surface area contributed by atoms with Gasteiger partial charge in [-0.1, -0.05) is 51.1 Å². The highest BCUT2D eigenvalue weighted by Gasteiger charge is 2.19. The summed E-state index contributed by atoms with van der Waals surface area (Å²) in [6.07, 6.45) is 0. The van der Waals surface area contributed by atoms with E-state index in [-0.39, 0.29) is 11.0 Å². The molecular formula is C17H16F2O. The van der Waals surface area contributed by atoms with Crippen LogP contribution >= 0.6 is 0 Å². The second-order valence-electron chi connectivity index (χ2n) is 5.75. The molecule has 0 aromatic heterocycles. The Kier molecular flexibility index (Phi) is 3.71. The molecule has 0 fully saturated rings. The van der Waals surface area contributed by atoms with Crippen molar-refractivity contribution in [3.8, 4) is 0 Å². The Labute approximate surface area is 117 Å². The van der Waals surface area contributed by atoms with Gasteiger partial charge in [0.15, 0.2) is 5.78 Å². The minimum atomic E-state index is -0.838. The molecule has 0 heterocycles. The van der Waals surface area contributed by atoms with E-state index in [4.69, 9.17) is 0 Å². The van der Waals surface area contributed by atoms with Crippen LogP contribution in [0.3, 0.4) is 0 Å². The van der Waals surface area contributed by atoms with Crippen molar-refractivity contribution in [3.63, 3.8) is 0 Å². The third-order valence-electron chi connectivity index (χ3n) is 3.20. The highest BCUT2D eigenvalue weighted by atomic mass is 19.1. The molecule has 0 amide bonds. The van der Waals surface area contributed by atoms with E-state index in [9.17, 15) is 13.6 Å². The Morgan fingerprint density at radius 1 is 0.900 bits per heavy atom. The molecule has 0 aliphatic rings. The fraction of sp³-hybridized carbons (Fsp3) is 0.235. The Bertz CT molecular complexity index is 617. The molecule has 0 aliphatic heterocycles. The fourth-order valence-corrected chi connectivity index (χ4v) is 1.98. The zero-order valence-electron chi connectivity index (χ0n) is 11.7. The second-order valence-corrected chi connectivity index (χ2v) is 5.75. The lowest BCUT2D eigenvalue weighted by Gasteiger charge is -2.19. The van der Waals surface area contributed by atoms with Gasteiger partial charge in [0.25, 0.3) is 0 Å². The predicted octanol–water partition coefficient (Wildman–Crippen LogP) is 4.49. The topological polar surface area (TPSA) is 17.1 Å². The summed E-state index contributed by atoms with van der Waals surface area (Å²) >= 11 is 0. The maximum Gasteiger partial charge on any atom is 0.198 e. The molecule has 2 aromatic rings. The molecule has 104 valence electrons. The molecule has 0 spiro atoms. The average Bonchev–Trinajstić information content (AvgIpc) is 2.37. The van der Waals surface area contributed by atoms with E-state index in [1.54, 1.807) is 12.1 Å². The normalized spacial score (nSPS) is 11.4. The lowest BCUT2D eigenvalue weighted by Crippen LogP contribution is -2.12. The van der Waals surface area contributed by atoms with Crippen molar-refractivity contribution in [2.75, 3.05) is 0 Å². The zero-order valence-corrected chi connectivity index (χ0v) is 11.7. The highest BCUT2D eigenvalue weighted by Crippen LogP contribution is 2.23. The summed E-state index contributed by atoms with van der Waals surface area (Å²) in [6, 6.07) is 10.2. The molecule has 0 aliphatic carbocycles. The average molecular weight is 274 g/mol.